The molecule has 0 saturated carbocycles. The van der Waals surface area contributed by atoms with E-state index >= 15 is 0 Å². The molecule has 0 aliphatic carbocycles. The van der Waals surface area contributed by atoms with Gasteiger partial charge in [-0.25, -0.2) is 0 Å². The van der Waals surface area contributed by atoms with Crippen molar-refractivity contribution in [3.8, 4) is 0 Å². The molecule has 2 aliphatic heterocycles. The molecule has 0 aromatic heterocycles. The largest absolute Gasteiger partial charge is 0.381 e. The maximum atomic E-state index is 12.4. The number of likely N-dealkylation sites (tertiary alicyclic amines) is 1. The van der Waals surface area contributed by atoms with Crippen molar-refractivity contribution in [1.29, 1.82) is 0 Å². The lowest BCUT2D eigenvalue weighted by Crippen LogP contribution is -2.60. The summed E-state index contributed by atoms with van der Waals surface area (Å²) in [6, 6.07) is 7.83. The molecule has 0 radical (unpaired) electrons. The first-order chi connectivity index (χ1) is 9.12. The predicted octanol–water partition coefficient (Wildman–Crippen LogP) is 2.34. The van der Waals surface area contributed by atoms with E-state index in [0.717, 1.165) is 36.4 Å². The van der Waals surface area contributed by atoms with Gasteiger partial charge in [-0.15, -0.1) is 11.8 Å². The van der Waals surface area contributed by atoms with E-state index in [1.807, 2.05) is 47.9 Å². The van der Waals surface area contributed by atoms with Crippen molar-refractivity contribution in [3.63, 3.8) is 0 Å². The van der Waals surface area contributed by atoms with E-state index in [1.165, 1.54) is 0 Å². The van der Waals surface area contributed by atoms with Gasteiger partial charge in [-0.1, -0.05) is 17.7 Å². The Balaban J connectivity index is 1.63. The number of hydrogen-bond acceptors (Lipinski definition) is 3. The molecular formula is C15H19NO2S. The standard InChI is InChI=1S/C15H19NO2S/c1-11-4-3-5-12(6-11)14(17)16-9-15(10-16)7-13(18-2)8-19-15/h3-6,13H,7-10H2,1-2H3. The van der Waals surface area contributed by atoms with Crippen LogP contribution in [0.2, 0.25) is 0 Å². The molecule has 1 atom stereocenters. The summed E-state index contributed by atoms with van der Waals surface area (Å²) in [5, 5.41) is 0. The molecule has 1 aromatic carbocycles. The Hall–Kier alpha value is -1.00. The van der Waals surface area contributed by atoms with Crippen LogP contribution in [0.3, 0.4) is 0 Å². The summed E-state index contributed by atoms with van der Waals surface area (Å²) in [4.78, 5) is 14.3. The Morgan fingerprint density at radius 3 is 2.89 bits per heavy atom. The number of nitrogens with zero attached hydrogens (tertiary/aromatic N) is 1. The van der Waals surface area contributed by atoms with Crippen LogP contribution in [0, 0.1) is 6.92 Å². The van der Waals surface area contributed by atoms with Crippen molar-refractivity contribution in [2.75, 3.05) is 26.0 Å². The summed E-state index contributed by atoms with van der Waals surface area (Å²) in [7, 11) is 1.78. The molecule has 0 bridgehead atoms. The molecule has 1 aromatic rings. The Morgan fingerprint density at radius 1 is 1.47 bits per heavy atom. The molecule has 102 valence electrons. The van der Waals surface area contributed by atoms with E-state index < -0.39 is 0 Å². The zero-order valence-electron chi connectivity index (χ0n) is 11.4. The predicted molar refractivity (Wildman–Crippen MR) is 77.7 cm³/mol. The van der Waals surface area contributed by atoms with Crippen molar-refractivity contribution >= 4 is 17.7 Å². The van der Waals surface area contributed by atoms with Gasteiger partial charge in [0.25, 0.3) is 5.91 Å². The first-order valence-corrected chi connectivity index (χ1v) is 7.63. The van der Waals surface area contributed by atoms with E-state index in [1.54, 1.807) is 7.11 Å². The lowest BCUT2D eigenvalue weighted by molar-refractivity contribution is 0.0452. The summed E-state index contributed by atoms with van der Waals surface area (Å²) >= 11 is 1.96. The van der Waals surface area contributed by atoms with Crippen LogP contribution in [0.5, 0.6) is 0 Å². The first-order valence-electron chi connectivity index (χ1n) is 6.65. The molecule has 1 amide bonds. The molecule has 2 fully saturated rings. The molecular weight excluding hydrogens is 258 g/mol. The third kappa shape index (κ3) is 2.39. The minimum absolute atomic E-state index is 0.163. The Labute approximate surface area is 118 Å². The SMILES string of the molecule is COC1CSC2(C1)CN(C(=O)c1cccc(C)c1)C2. The number of methoxy groups -OCH3 is 1. The molecule has 3 nitrogen and oxygen atoms in total. The number of carbonyl (C=O) groups excluding carboxylic acids is 1. The molecule has 2 saturated heterocycles. The number of benzene rings is 1. The summed E-state index contributed by atoms with van der Waals surface area (Å²) in [6.45, 7) is 3.75. The number of carbonyl (C=O) groups is 1. The van der Waals surface area contributed by atoms with Crippen molar-refractivity contribution in [2.45, 2.75) is 24.2 Å². The maximum Gasteiger partial charge on any atom is 0.253 e. The van der Waals surface area contributed by atoms with Crippen LogP contribution in [-0.4, -0.2) is 47.6 Å². The lowest BCUT2D eigenvalue weighted by Gasteiger charge is -2.47. The number of amides is 1. The Kier molecular flexibility index (Phi) is 3.31. The summed E-state index contributed by atoms with van der Waals surface area (Å²) in [5.74, 6) is 1.22. The van der Waals surface area contributed by atoms with Gasteiger partial charge in [0.2, 0.25) is 0 Å². The van der Waals surface area contributed by atoms with E-state index in [9.17, 15) is 4.79 Å². The molecule has 1 spiro atoms. The first kappa shape index (κ1) is 13.0. The molecule has 2 heterocycles. The van der Waals surface area contributed by atoms with Gasteiger partial charge >= 0.3 is 0 Å². The zero-order chi connectivity index (χ0) is 13.5. The van der Waals surface area contributed by atoms with Crippen LogP contribution in [0.1, 0.15) is 22.3 Å². The van der Waals surface area contributed by atoms with E-state index in [-0.39, 0.29) is 10.7 Å². The highest BCUT2D eigenvalue weighted by atomic mass is 32.2. The molecule has 19 heavy (non-hydrogen) atoms. The third-order valence-electron chi connectivity index (χ3n) is 4.02. The van der Waals surface area contributed by atoms with Crippen molar-refractivity contribution in [3.05, 3.63) is 35.4 Å². The second-order valence-electron chi connectivity index (χ2n) is 5.59. The van der Waals surface area contributed by atoms with Crippen molar-refractivity contribution < 1.29 is 9.53 Å². The fourth-order valence-electron chi connectivity index (χ4n) is 2.93. The maximum absolute atomic E-state index is 12.4. The average Bonchev–Trinajstić information content (AvgIpc) is 2.80. The number of thioether (sulfide) groups is 1. The molecule has 3 rings (SSSR count). The van der Waals surface area contributed by atoms with Gasteiger partial charge in [-0.05, 0) is 25.5 Å². The van der Waals surface area contributed by atoms with Crippen LogP contribution in [0.25, 0.3) is 0 Å². The van der Waals surface area contributed by atoms with Gasteiger partial charge in [-0.3, -0.25) is 4.79 Å². The Bertz CT molecular complexity index is 497. The van der Waals surface area contributed by atoms with Gasteiger partial charge in [-0.2, -0.15) is 0 Å². The Morgan fingerprint density at radius 2 is 2.26 bits per heavy atom. The average molecular weight is 277 g/mol. The molecule has 1 unspecified atom stereocenters. The number of hydrogen-bond donors (Lipinski definition) is 0. The normalized spacial score (nSPS) is 24.5. The van der Waals surface area contributed by atoms with Gasteiger partial charge in [0, 0.05) is 31.5 Å². The van der Waals surface area contributed by atoms with E-state index in [0.29, 0.717) is 6.10 Å². The van der Waals surface area contributed by atoms with Crippen LogP contribution in [0.15, 0.2) is 24.3 Å². The summed E-state index contributed by atoms with van der Waals surface area (Å²) < 4.78 is 5.68. The van der Waals surface area contributed by atoms with Crippen molar-refractivity contribution in [2.24, 2.45) is 0 Å². The van der Waals surface area contributed by atoms with Crippen LogP contribution in [-0.2, 0) is 4.74 Å². The fraction of sp³-hybridized carbons (Fsp3) is 0.533. The highest BCUT2D eigenvalue weighted by Crippen LogP contribution is 2.46. The molecule has 0 N–H and O–H groups in total. The van der Waals surface area contributed by atoms with Crippen LogP contribution in [0.4, 0.5) is 0 Å². The lowest BCUT2D eigenvalue weighted by atomic mass is 9.92. The van der Waals surface area contributed by atoms with Crippen molar-refractivity contribution in [1.82, 2.24) is 4.90 Å². The van der Waals surface area contributed by atoms with Crippen LogP contribution < -0.4 is 0 Å². The minimum atomic E-state index is 0.163. The second kappa shape index (κ2) is 4.84. The highest BCUT2D eigenvalue weighted by Gasteiger charge is 2.50. The smallest absolute Gasteiger partial charge is 0.253 e. The summed E-state index contributed by atoms with van der Waals surface area (Å²) in [5.41, 5.74) is 1.94. The summed E-state index contributed by atoms with van der Waals surface area (Å²) in [6.07, 6.45) is 1.44. The number of rotatable bonds is 2. The third-order valence-corrected chi connectivity index (χ3v) is 5.59. The zero-order valence-corrected chi connectivity index (χ0v) is 12.2. The minimum Gasteiger partial charge on any atom is -0.381 e. The monoisotopic (exact) mass is 277 g/mol. The number of ether oxygens (including phenoxy) is 1. The quantitative estimate of drug-likeness (QED) is 0.831. The molecule has 4 heteroatoms. The highest BCUT2D eigenvalue weighted by molar-refractivity contribution is 8.01. The van der Waals surface area contributed by atoms with Crippen LogP contribution >= 0.6 is 11.8 Å². The van der Waals surface area contributed by atoms with Gasteiger partial charge in [0.05, 0.1) is 10.9 Å². The molecule has 2 aliphatic rings. The fourth-order valence-corrected chi connectivity index (χ4v) is 4.52. The van der Waals surface area contributed by atoms with E-state index in [4.69, 9.17) is 4.74 Å². The van der Waals surface area contributed by atoms with E-state index in [2.05, 4.69) is 0 Å². The van der Waals surface area contributed by atoms with Gasteiger partial charge in [0.1, 0.15) is 0 Å². The number of aryl methyl sites for hydroxylation is 1. The van der Waals surface area contributed by atoms with Gasteiger partial charge in [0.15, 0.2) is 0 Å². The topological polar surface area (TPSA) is 29.5 Å². The second-order valence-corrected chi connectivity index (χ2v) is 7.07. The van der Waals surface area contributed by atoms with Gasteiger partial charge < -0.3 is 9.64 Å².